The lowest BCUT2D eigenvalue weighted by Gasteiger charge is -2.26. The topological polar surface area (TPSA) is 79.3 Å². The third kappa shape index (κ3) is 6.27. The second-order valence-corrected chi connectivity index (χ2v) is 10.0. The molecule has 2 N–H and O–H groups in total. The molecule has 0 aliphatic heterocycles. The molecular weight excluding hydrogens is 530 g/mol. The monoisotopic (exact) mass is 559 g/mol. The largest absolute Gasteiger partial charge is 0.322 e. The summed E-state index contributed by atoms with van der Waals surface area (Å²) in [5, 5.41) is 10.7. The number of rotatable bonds is 7. The summed E-state index contributed by atoms with van der Waals surface area (Å²) in [6, 6.07) is 24.6. The van der Waals surface area contributed by atoms with E-state index in [1.54, 1.807) is 16.8 Å². The van der Waals surface area contributed by atoms with Crippen molar-refractivity contribution >= 4 is 39.4 Å². The van der Waals surface area contributed by atoms with E-state index in [0.29, 0.717) is 11.5 Å². The predicted molar refractivity (Wildman–Crippen MR) is 152 cm³/mol. The number of hydrogen-bond acceptors (Lipinski definition) is 3. The predicted octanol–water partition coefficient (Wildman–Crippen LogP) is 6.80. The second-order valence-electron chi connectivity index (χ2n) is 9.13. The number of benzene rings is 3. The Labute approximate surface area is 225 Å². The van der Waals surface area contributed by atoms with Crippen molar-refractivity contribution in [2.24, 2.45) is 0 Å². The number of anilines is 2. The van der Waals surface area contributed by atoms with Gasteiger partial charge in [0.25, 0.3) is 0 Å². The molecule has 0 saturated heterocycles. The lowest BCUT2D eigenvalue weighted by molar-refractivity contribution is -0.117. The molecule has 0 fully saturated rings. The van der Waals surface area contributed by atoms with Crippen LogP contribution < -0.4 is 10.6 Å². The molecule has 0 bridgehead atoms. The zero-order chi connectivity index (χ0) is 26.5. The molecule has 37 heavy (non-hydrogen) atoms. The Morgan fingerprint density at radius 3 is 2.19 bits per heavy atom. The van der Waals surface area contributed by atoms with Crippen molar-refractivity contribution in [3.63, 3.8) is 0 Å². The number of carbonyl (C=O) groups excluding carboxylic acids is 2. The van der Waals surface area contributed by atoms with E-state index in [2.05, 4.69) is 26.6 Å². The average molecular weight is 560 g/mol. The molecule has 0 atom stereocenters. The lowest BCUT2D eigenvalue weighted by Crippen LogP contribution is -2.44. The van der Waals surface area contributed by atoms with E-state index in [9.17, 15) is 9.59 Å². The number of nitrogens with zero attached hydrogens (tertiary/aromatic N) is 3. The minimum absolute atomic E-state index is 0.119. The smallest absolute Gasteiger partial charge is 0.313 e. The molecule has 3 aromatic carbocycles. The summed E-state index contributed by atoms with van der Waals surface area (Å²) < 4.78 is 2.66. The third-order valence-electron chi connectivity index (χ3n) is 5.95. The Morgan fingerprint density at radius 1 is 0.919 bits per heavy atom. The van der Waals surface area contributed by atoms with Gasteiger partial charge in [0.05, 0.1) is 11.4 Å². The van der Waals surface area contributed by atoms with Gasteiger partial charge in [0, 0.05) is 21.8 Å². The quantitative estimate of drug-likeness (QED) is 0.261. The van der Waals surface area contributed by atoms with Gasteiger partial charge in [-0.05, 0) is 69.7 Å². The van der Waals surface area contributed by atoms with Crippen molar-refractivity contribution in [3.05, 3.63) is 94.6 Å². The van der Waals surface area contributed by atoms with E-state index in [4.69, 9.17) is 5.10 Å². The van der Waals surface area contributed by atoms with Gasteiger partial charge < -0.3 is 15.5 Å². The maximum atomic E-state index is 13.4. The number of halogens is 1. The first-order valence-electron chi connectivity index (χ1n) is 12.1. The number of urea groups is 1. The van der Waals surface area contributed by atoms with Crippen molar-refractivity contribution in [1.82, 2.24) is 14.7 Å². The van der Waals surface area contributed by atoms with Crippen molar-refractivity contribution in [2.45, 2.75) is 33.7 Å². The van der Waals surface area contributed by atoms with E-state index in [1.165, 1.54) is 4.90 Å². The van der Waals surface area contributed by atoms with Crippen LogP contribution in [-0.4, -0.2) is 39.2 Å². The van der Waals surface area contributed by atoms with Gasteiger partial charge in [-0.25, -0.2) is 9.48 Å². The molecule has 0 radical (unpaired) electrons. The van der Waals surface area contributed by atoms with Crippen LogP contribution in [0, 0.1) is 13.8 Å². The number of aromatic nitrogens is 2. The van der Waals surface area contributed by atoms with Gasteiger partial charge in [0.2, 0.25) is 5.91 Å². The summed E-state index contributed by atoms with van der Waals surface area (Å²) in [5.74, 6) is 0.250. The number of aryl methyl sites for hydroxylation is 2. The number of nitrogens with one attached hydrogen (secondary N) is 2. The van der Waals surface area contributed by atoms with Crippen molar-refractivity contribution in [2.75, 3.05) is 17.2 Å². The first-order valence-corrected chi connectivity index (χ1v) is 12.9. The number of hydrogen-bond donors (Lipinski definition) is 2. The van der Waals surface area contributed by atoms with Crippen LogP contribution in [0.4, 0.5) is 16.3 Å². The van der Waals surface area contributed by atoms with Crippen LogP contribution in [0.2, 0.25) is 0 Å². The normalized spacial score (nSPS) is 10.9. The highest BCUT2D eigenvalue weighted by molar-refractivity contribution is 9.10. The van der Waals surface area contributed by atoms with Crippen molar-refractivity contribution in [3.8, 4) is 16.8 Å². The summed E-state index contributed by atoms with van der Waals surface area (Å²) in [5.41, 5.74) is 5.19. The maximum Gasteiger partial charge on any atom is 0.322 e. The summed E-state index contributed by atoms with van der Waals surface area (Å²) in [4.78, 5) is 27.9. The molecule has 7 nitrogen and oxygen atoms in total. The molecule has 0 spiro atoms. The fourth-order valence-corrected chi connectivity index (χ4v) is 4.27. The summed E-state index contributed by atoms with van der Waals surface area (Å²) in [6.07, 6.45) is 0. The van der Waals surface area contributed by atoms with Gasteiger partial charge >= 0.3 is 6.03 Å². The van der Waals surface area contributed by atoms with E-state index >= 15 is 0 Å². The van der Waals surface area contributed by atoms with E-state index in [0.717, 1.165) is 32.5 Å². The van der Waals surface area contributed by atoms with Crippen LogP contribution in [0.25, 0.3) is 16.8 Å². The Morgan fingerprint density at radius 2 is 1.57 bits per heavy atom. The van der Waals surface area contributed by atoms with Crippen LogP contribution in [0.15, 0.2) is 83.3 Å². The molecule has 0 saturated carbocycles. The highest BCUT2D eigenvalue weighted by Gasteiger charge is 2.24. The maximum absolute atomic E-state index is 13.4. The standard InChI is InChI=1S/C29H30BrN5O2/c1-19(2)34(29(37)31-24-14-12-23(30)13-15-24)18-26(36)32-28-27(22-8-6-5-7-9-22)21(4)33-35(28)25-16-10-20(3)11-17-25/h5-17,19H,18H2,1-4H3,(H,31,37)(H,32,36). The fourth-order valence-electron chi connectivity index (χ4n) is 4.01. The molecular formula is C29H30BrN5O2. The molecule has 1 heterocycles. The Balaban J connectivity index is 1.63. The molecule has 3 amide bonds. The SMILES string of the molecule is Cc1ccc(-n2nc(C)c(-c3ccccc3)c2NC(=O)CN(C(=O)Nc2ccc(Br)cc2)C(C)C)cc1. The highest BCUT2D eigenvalue weighted by Crippen LogP contribution is 2.33. The fraction of sp³-hybridized carbons (Fsp3) is 0.207. The second kappa shape index (κ2) is 11.4. The number of carbonyl (C=O) groups is 2. The van der Waals surface area contributed by atoms with Crippen molar-refractivity contribution in [1.29, 1.82) is 0 Å². The van der Waals surface area contributed by atoms with Gasteiger partial charge in [0.1, 0.15) is 12.4 Å². The molecule has 0 aliphatic carbocycles. The van der Waals surface area contributed by atoms with Gasteiger partial charge in [-0.15, -0.1) is 0 Å². The van der Waals surface area contributed by atoms with Gasteiger partial charge in [-0.3, -0.25) is 4.79 Å². The lowest BCUT2D eigenvalue weighted by atomic mass is 10.1. The minimum atomic E-state index is -0.348. The van der Waals surface area contributed by atoms with Crippen LogP contribution in [0.5, 0.6) is 0 Å². The van der Waals surface area contributed by atoms with E-state index in [1.807, 2.05) is 94.4 Å². The minimum Gasteiger partial charge on any atom is -0.313 e. The summed E-state index contributed by atoms with van der Waals surface area (Å²) in [6.45, 7) is 7.59. The van der Waals surface area contributed by atoms with Gasteiger partial charge in [0.15, 0.2) is 0 Å². The Hall–Kier alpha value is -3.91. The first-order chi connectivity index (χ1) is 17.7. The molecule has 4 rings (SSSR count). The van der Waals surface area contributed by atoms with Crippen LogP contribution in [-0.2, 0) is 4.79 Å². The highest BCUT2D eigenvalue weighted by atomic mass is 79.9. The van der Waals surface area contributed by atoms with Gasteiger partial charge in [-0.1, -0.05) is 64.0 Å². The van der Waals surface area contributed by atoms with E-state index in [-0.39, 0.29) is 24.5 Å². The molecule has 1 aromatic heterocycles. The molecule has 190 valence electrons. The average Bonchev–Trinajstić information content (AvgIpc) is 3.20. The third-order valence-corrected chi connectivity index (χ3v) is 6.48. The van der Waals surface area contributed by atoms with Crippen LogP contribution >= 0.6 is 15.9 Å². The zero-order valence-corrected chi connectivity index (χ0v) is 22.9. The van der Waals surface area contributed by atoms with Crippen LogP contribution in [0.1, 0.15) is 25.1 Å². The summed E-state index contributed by atoms with van der Waals surface area (Å²) >= 11 is 3.40. The molecule has 0 aliphatic rings. The zero-order valence-electron chi connectivity index (χ0n) is 21.3. The Bertz CT molecular complexity index is 1380. The molecule has 4 aromatic rings. The number of amides is 3. The first kappa shape index (κ1) is 26.2. The molecule has 0 unspecified atom stereocenters. The van der Waals surface area contributed by atoms with Gasteiger partial charge in [-0.2, -0.15) is 5.10 Å². The Kier molecular flexibility index (Phi) is 8.08. The molecule has 8 heteroatoms. The van der Waals surface area contributed by atoms with E-state index < -0.39 is 0 Å². The van der Waals surface area contributed by atoms with Crippen LogP contribution in [0.3, 0.4) is 0 Å². The van der Waals surface area contributed by atoms with Crippen molar-refractivity contribution < 1.29 is 9.59 Å². The summed E-state index contributed by atoms with van der Waals surface area (Å²) in [7, 11) is 0.